The molecule has 6 aliphatic rings. The lowest BCUT2D eigenvalue weighted by Gasteiger charge is -2.14. The number of anilines is 4. The number of rotatable bonds is 14. The van der Waals surface area contributed by atoms with Crippen LogP contribution >= 0.6 is 0 Å². The van der Waals surface area contributed by atoms with E-state index < -0.39 is 44.4 Å². The summed E-state index contributed by atoms with van der Waals surface area (Å²) in [6, 6.07) is 11.8. The molecule has 29 nitrogen and oxygen atoms in total. The third-order valence-electron chi connectivity index (χ3n) is 12.7. The van der Waals surface area contributed by atoms with Gasteiger partial charge in [-0.15, -0.1) is 0 Å². The maximum absolute atomic E-state index is 12.0. The van der Waals surface area contributed by atoms with Crippen molar-refractivity contribution in [3.63, 3.8) is 0 Å². The highest BCUT2D eigenvalue weighted by Crippen LogP contribution is 2.30. The first-order chi connectivity index (χ1) is 38.4. The second-order valence-corrected chi connectivity index (χ2v) is 22.5. The first kappa shape index (κ1) is 52.4. The molecule has 6 amide bonds. The molecule has 31 heteroatoms. The van der Waals surface area contributed by atoms with E-state index in [4.69, 9.17) is 0 Å². The number of sulfone groups is 1. The second-order valence-electron chi connectivity index (χ2n) is 19.3. The zero-order chi connectivity index (χ0) is 56.0. The van der Waals surface area contributed by atoms with Crippen molar-refractivity contribution in [1.82, 2.24) is 74.7 Å². The van der Waals surface area contributed by atoms with Crippen molar-refractivity contribution in [2.24, 2.45) is 0 Å². The van der Waals surface area contributed by atoms with E-state index in [2.05, 4.69) is 88.5 Å². The number of aromatic nitrogens is 12. The lowest BCUT2D eigenvalue weighted by Crippen LogP contribution is -2.19. The predicted molar refractivity (Wildman–Crippen MR) is 283 cm³/mol. The molecule has 9 heterocycles. The number of imide groups is 3. The van der Waals surface area contributed by atoms with E-state index in [0.29, 0.717) is 63.1 Å². The number of amides is 6. The van der Waals surface area contributed by atoms with Gasteiger partial charge in [-0.05, 0) is 62.3 Å². The van der Waals surface area contributed by atoms with Crippen molar-refractivity contribution in [3.05, 3.63) is 87.9 Å². The summed E-state index contributed by atoms with van der Waals surface area (Å²) >= 11 is 0. The standard InChI is InChI=1S/C21H18N8O2.C14H14N6O4S.C14H14N6O3S/c22-10-16(12-4-2-1-3-5-12)25-20-27-18-14(8-13-9-17(30)26-19(13)31)11-23-29(18)21(28-20)24-15-6-7-15;1-25(23,24)14-18-11-8(4-7-5-10(21)17-12(7)22)6-15-20(11)13(19-14)16-9-2-3-9;1-24(23)14-18-11-8(4-7-5-10(21)17-12(7)22)6-15-20(11)13(19-14)16-9-2-3-9/h1-5,8,11,15-16H,6-7,9H2,(H,26,30,31)(H2,24,25,27,28);4,6,9H,2-3,5H2,1H3,(H,16,18,19)(H,17,21,22);4,6,9H,2-3,5H2,1H3,(H,16,18,19)(H,17,21,22)/b13-8+;2*7-4+. The summed E-state index contributed by atoms with van der Waals surface area (Å²) in [7, 11) is -4.99. The molecule has 2 unspecified atom stereocenters. The average molecular weight is 1120 g/mol. The molecule has 3 saturated heterocycles. The zero-order valence-corrected chi connectivity index (χ0v) is 44.0. The zero-order valence-electron chi connectivity index (χ0n) is 42.3. The molecule has 1 aromatic carbocycles. The van der Waals surface area contributed by atoms with Crippen LogP contribution in [0.1, 0.15) is 86.1 Å². The first-order valence-electron chi connectivity index (χ1n) is 24.9. The van der Waals surface area contributed by atoms with Crippen LogP contribution in [0.2, 0.25) is 0 Å². The number of nitrogens with one attached hydrogen (secondary N) is 7. The van der Waals surface area contributed by atoms with Gasteiger partial charge in [-0.3, -0.25) is 48.9 Å². The lowest BCUT2D eigenvalue weighted by atomic mass is 10.1. The Morgan fingerprint density at radius 1 is 0.613 bits per heavy atom. The van der Waals surface area contributed by atoms with E-state index >= 15 is 0 Å². The number of carbonyl (C=O) groups is 6. The molecule has 7 aromatic rings. The summed E-state index contributed by atoms with van der Waals surface area (Å²) in [5, 5.41) is 41.8. The van der Waals surface area contributed by atoms with Crippen molar-refractivity contribution in [1.29, 1.82) is 5.26 Å². The molecule has 408 valence electrons. The van der Waals surface area contributed by atoms with Crippen LogP contribution in [0.3, 0.4) is 0 Å². The summed E-state index contributed by atoms with van der Waals surface area (Å²) in [5.41, 5.74) is 4.51. The van der Waals surface area contributed by atoms with E-state index in [1.807, 2.05) is 30.3 Å². The Morgan fingerprint density at radius 2 is 1.02 bits per heavy atom. The van der Waals surface area contributed by atoms with Crippen molar-refractivity contribution >= 4 is 115 Å². The van der Waals surface area contributed by atoms with Crippen LogP contribution in [-0.4, -0.2) is 137 Å². The number of nitriles is 1. The van der Waals surface area contributed by atoms with Crippen LogP contribution in [0.15, 0.2) is 76.0 Å². The maximum atomic E-state index is 12.0. The van der Waals surface area contributed by atoms with Crippen LogP contribution in [0.25, 0.3) is 35.2 Å². The fourth-order valence-electron chi connectivity index (χ4n) is 8.21. The largest absolute Gasteiger partial charge is 0.351 e. The number of nitrogens with zero attached hydrogens (tertiary/aromatic N) is 13. The number of hydrogen-bond donors (Lipinski definition) is 7. The van der Waals surface area contributed by atoms with Gasteiger partial charge in [-0.1, -0.05) is 30.3 Å². The molecule has 3 aliphatic carbocycles. The van der Waals surface area contributed by atoms with E-state index in [1.54, 1.807) is 29.1 Å². The minimum atomic E-state index is -3.63. The normalized spacial score (nSPS) is 19.3. The summed E-state index contributed by atoms with van der Waals surface area (Å²) in [6.07, 6.45) is 17.9. The molecule has 7 N–H and O–H groups in total. The van der Waals surface area contributed by atoms with Gasteiger partial charge in [0, 0.05) is 64.0 Å². The Labute approximate surface area is 454 Å². The van der Waals surface area contributed by atoms with Crippen LogP contribution < -0.4 is 37.2 Å². The van der Waals surface area contributed by atoms with Crippen LogP contribution in [-0.2, 0) is 49.4 Å². The fraction of sp³-hybridized carbons (Fsp3) is 0.306. The lowest BCUT2D eigenvalue weighted by molar-refractivity contribution is -0.125. The van der Waals surface area contributed by atoms with Crippen molar-refractivity contribution < 1.29 is 41.4 Å². The van der Waals surface area contributed by atoms with E-state index in [0.717, 1.165) is 50.3 Å². The molecule has 0 radical (unpaired) electrons. The van der Waals surface area contributed by atoms with Gasteiger partial charge in [0.05, 0.1) is 54.7 Å². The molecule has 0 bridgehead atoms. The molecule has 3 aliphatic heterocycles. The summed E-state index contributed by atoms with van der Waals surface area (Å²) in [6.45, 7) is 0. The van der Waals surface area contributed by atoms with Gasteiger partial charge in [-0.2, -0.15) is 64.0 Å². The van der Waals surface area contributed by atoms with E-state index in [1.165, 1.54) is 27.6 Å². The summed E-state index contributed by atoms with van der Waals surface area (Å²) in [4.78, 5) is 95.3. The van der Waals surface area contributed by atoms with Gasteiger partial charge in [-0.25, -0.2) is 8.42 Å². The SMILES string of the molecule is CS(=O)(=O)c1nc(NC2CC2)n2ncc(/C=C3\CC(=O)NC3=O)c2n1.CS(=O)c1nc(NC2CC2)n2ncc(/C=C3\CC(=O)NC3=O)c2n1.N#CC(Nc1nc(NC2CC2)n2ncc(/C=C3\CC(=O)NC3=O)c2n1)c1ccccc1. The van der Waals surface area contributed by atoms with Crippen LogP contribution in [0.5, 0.6) is 0 Å². The van der Waals surface area contributed by atoms with Gasteiger partial charge in [0.15, 0.2) is 16.9 Å². The fourth-order valence-corrected chi connectivity index (χ4v) is 9.15. The topological polar surface area (TPSA) is 391 Å². The summed E-state index contributed by atoms with van der Waals surface area (Å²) in [5.74, 6) is -0.827. The third kappa shape index (κ3) is 11.7. The first-order valence-corrected chi connectivity index (χ1v) is 28.3. The Kier molecular flexibility index (Phi) is 13.9. The molecule has 2 atom stereocenters. The second kappa shape index (κ2) is 21.3. The molecular formula is C49H46N20O9S2. The highest BCUT2D eigenvalue weighted by Gasteiger charge is 2.31. The quantitative estimate of drug-likeness (QED) is 0.0594. The Bertz CT molecular complexity index is 4060. The van der Waals surface area contributed by atoms with Gasteiger partial charge < -0.3 is 21.3 Å². The molecule has 13 rings (SSSR count). The maximum Gasteiger partial charge on any atom is 0.254 e. The Hall–Kier alpha value is -9.70. The van der Waals surface area contributed by atoms with Gasteiger partial charge in [0.2, 0.25) is 56.5 Å². The molecule has 6 fully saturated rings. The molecule has 0 spiro atoms. The minimum Gasteiger partial charge on any atom is -0.351 e. The van der Waals surface area contributed by atoms with Gasteiger partial charge in [0.25, 0.3) is 22.9 Å². The number of hydrogen-bond acceptors (Lipinski definition) is 23. The van der Waals surface area contributed by atoms with Gasteiger partial charge >= 0.3 is 0 Å². The summed E-state index contributed by atoms with van der Waals surface area (Å²) < 4.78 is 40.1. The average Bonchev–Trinajstić information content (AvgIpc) is 4.47. The van der Waals surface area contributed by atoms with Crippen LogP contribution in [0.4, 0.5) is 23.8 Å². The van der Waals surface area contributed by atoms with Gasteiger partial charge in [0.1, 0.15) is 6.04 Å². The minimum absolute atomic E-state index is 0.0179. The van der Waals surface area contributed by atoms with Crippen LogP contribution in [0, 0.1) is 11.3 Å². The number of benzene rings is 1. The molecule has 3 saturated carbocycles. The van der Waals surface area contributed by atoms with Crippen molar-refractivity contribution in [2.45, 2.75) is 92.3 Å². The molecular weight excluding hydrogens is 1080 g/mol. The van der Waals surface area contributed by atoms with E-state index in [-0.39, 0.29) is 76.5 Å². The highest BCUT2D eigenvalue weighted by atomic mass is 32.2. The molecule has 6 aromatic heterocycles. The Morgan fingerprint density at radius 3 is 1.41 bits per heavy atom. The van der Waals surface area contributed by atoms with Crippen molar-refractivity contribution in [2.75, 3.05) is 33.8 Å². The smallest absolute Gasteiger partial charge is 0.254 e. The predicted octanol–water partition coefficient (Wildman–Crippen LogP) is 1.20. The van der Waals surface area contributed by atoms with E-state index in [9.17, 15) is 46.7 Å². The Balaban J connectivity index is 0.000000128. The third-order valence-corrected chi connectivity index (χ3v) is 14.2. The number of carbonyl (C=O) groups excluding carboxylic acids is 6. The molecule has 80 heavy (non-hydrogen) atoms. The van der Waals surface area contributed by atoms with Crippen molar-refractivity contribution in [3.8, 4) is 6.07 Å². The monoisotopic (exact) mass is 1120 g/mol. The number of fused-ring (bicyclic) bond motifs is 3. The highest BCUT2D eigenvalue weighted by molar-refractivity contribution is 7.90.